The van der Waals surface area contributed by atoms with Crippen LogP contribution in [0.25, 0.3) is 22.0 Å². The highest BCUT2D eigenvalue weighted by molar-refractivity contribution is 7.92. The van der Waals surface area contributed by atoms with Crippen molar-refractivity contribution in [2.45, 2.75) is 11.1 Å². The standard InChI is InChI=1S/C22H15F3N2O2S/c23-22(24,25)16-8-4-9-17(14-16)30(28,29)27-20-12-11-18(15-6-2-1-3-7-15)19-10-5-13-26-21(19)20/h1-14,27H. The fourth-order valence-electron chi connectivity index (χ4n) is 3.17. The van der Waals surface area contributed by atoms with E-state index < -0.39 is 26.7 Å². The molecule has 152 valence electrons. The van der Waals surface area contributed by atoms with Crippen LogP contribution < -0.4 is 4.72 Å². The number of alkyl halides is 3. The largest absolute Gasteiger partial charge is 0.416 e. The summed E-state index contributed by atoms with van der Waals surface area (Å²) in [5.41, 5.74) is 1.34. The molecule has 4 nitrogen and oxygen atoms in total. The van der Waals surface area contributed by atoms with E-state index in [-0.39, 0.29) is 5.69 Å². The van der Waals surface area contributed by atoms with Gasteiger partial charge >= 0.3 is 6.18 Å². The number of nitrogens with zero attached hydrogens (tertiary/aromatic N) is 1. The van der Waals surface area contributed by atoms with Crippen LogP contribution in [0.3, 0.4) is 0 Å². The van der Waals surface area contributed by atoms with Crippen LogP contribution in [0.2, 0.25) is 0 Å². The summed E-state index contributed by atoms with van der Waals surface area (Å²) in [7, 11) is -4.26. The van der Waals surface area contributed by atoms with E-state index >= 15 is 0 Å². The summed E-state index contributed by atoms with van der Waals surface area (Å²) in [6, 6.07) is 20.0. The van der Waals surface area contributed by atoms with Crippen molar-refractivity contribution in [3.63, 3.8) is 0 Å². The van der Waals surface area contributed by atoms with Crippen LogP contribution in [0, 0.1) is 0 Å². The Morgan fingerprint density at radius 1 is 0.833 bits per heavy atom. The fraction of sp³-hybridized carbons (Fsp3) is 0.0455. The maximum atomic E-state index is 13.0. The monoisotopic (exact) mass is 428 g/mol. The van der Waals surface area contributed by atoms with Crippen LogP contribution in [-0.2, 0) is 16.2 Å². The van der Waals surface area contributed by atoms with Gasteiger partial charge in [-0.05, 0) is 41.5 Å². The summed E-state index contributed by atoms with van der Waals surface area (Å²) in [4.78, 5) is 3.82. The topological polar surface area (TPSA) is 59.1 Å². The molecule has 0 amide bonds. The van der Waals surface area contributed by atoms with Gasteiger partial charge in [-0.3, -0.25) is 9.71 Å². The molecule has 1 heterocycles. The number of hydrogen-bond donors (Lipinski definition) is 1. The number of sulfonamides is 1. The number of rotatable bonds is 4. The number of pyridine rings is 1. The van der Waals surface area contributed by atoms with E-state index in [1.807, 2.05) is 36.4 Å². The molecular weight excluding hydrogens is 413 g/mol. The van der Waals surface area contributed by atoms with Gasteiger partial charge in [0.1, 0.15) is 0 Å². The van der Waals surface area contributed by atoms with Gasteiger partial charge in [0.05, 0.1) is 21.7 Å². The Hall–Kier alpha value is -3.39. The van der Waals surface area contributed by atoms with Gasteiger partial charge in [-0.15, -0.1) is 0 Å². The van der Waals surface area contributed by atoms with E-state index in [1.54, 1.807) is 18.2 Å². The van der Waals surface area contributed by atoms with Gasteiger partial charge in [-0.2, -0.15) is 13.2 Å². The molecule has 4 aromatic rings. The van der Waals surface area contributed by atoms with Gasteiger partial charge in [0.15, 0.2) is 0 Å². The summed E-state index contributed by atoms with van der Waals surface area (Å²) in [6.07, 6.45) is -3.11. The van der Waals surface area contributed by atoms with E-state index in [4.69, 9.17) is 0 Å². The van der Waals surface area contributed by atoms with E-state index in [9.17, 15) is 21.6 Å². The molecule has 0 aliphatic heterocycles. The minimum atomic E-state index is -4.64. The third-order valence-corrected chi connectivity index (χ3v) is 5.93. The second-order valence-electron chi connectivity index (χ2n) is 6.56. The predicted molar refractivity (Wildman–Crippen MR) is 109 cm³/mol. The first-order chi connectivity index (χ1) is 14.3. The van der Waals surface area contributed by atoms with Gasteiger partial charge < -0.3 is 0 Å². The molecule has 3 aromatic carbocycles. The molecule has 0 aliphatic carbocycles. The highest BCUT2D eigenvalue weighted by atomic mass is 32.2. The Morgan fingerprint density at radius 2 is 1.60 bits per heavy atom. The van der Waals surface area contributed by atoms with Gasteiger partial charge in [-0.25, -0.2) is 8.42 Å². The summed E-state index contributed by atoms with van der Waals surface area (Å²) >= 11 is 0. The summed E-state index contributed by atoms with van der Waals surface area (Å²) in [5, 5.41) is 0.716. The molecule has 0 radical (unpaired) electrons. The number of aromatic nitrogens is 1. The lowest BCUT2D eigenvalue weighted by molar-refractivity contribution is -0.137. The number of benzene rings is 3. The Morgan fingerprint density at radius 3 is 2.33 bits per heavy atom. The van der Waals surface area contributed by atoms with Crippen LogP contribution >= 0.6 is 0 Å². The first kappa shape index (κ1) is 19.9. The minimum absolute atomic E-state index is 0.183. The maximum Gasteiger partial charge on any atom is 0.416 e. The van der Waals surface area contributed by atoms with Crippen molar-refractivity contribution < 1.29 is 21.6 Å². The van der Waals surface area contributed by atoms with Crippen molar-refractivity contribution in [2.75, 3.05) is 4.72 Å². The first-order valence-corrected chi connectivity index (χ1v) is 10.4. The Kier molecular flexibility index (Phi) is 4.95. The summed E-state index contributed by atoms with van der Waals surface area (Å²) in [6.45, 7) is 0. The van der Waals surface area contributed by atoms with Gasteiger partial charge in [0.25, 0.3) is 10.0 Å². The van der Waals surface area contributed by atoms with Crippen LogP contribution in [0.1, 0.15) is 5.56 Å². The molecule has 0 saturated carbocycles. The summed E-state index contributed by atoms with van der Waals surface area (Å²) < 4.78 is 66.8. The third kappa shape index (κ3) is 3.86. The zero-order valence-electron chi connectivity index (χ0n) is 15.4. The molecule has 0 unspecified atom stereocenters. The molecule has 0 fully saturated rings. The van der Waals surface area contributed by atoms with Gasteiger partial charge in [0.2, 0.25) is 0 Å². The quantitative estimate of drug-likeness (QED) is 0.452. The first-order valence-electron chi connectivity index (χ1n) is 8.89. The number of halogens is 3. The van der Waals surface area contributed by atoms with Crippen molar-refractivity contribution in [2.24, 2.45) is 0 Å². The van der Waals surface area contributed by atoms with Crippen LogP contribution in [0.4, 0.5) is 18.9 Å². The van der Waals surface area contributed by atoms with Gasteiger partial charge in [-0.1, -0.05) is 48.5 Å². The molecule has 30 heavy (non-hydrogen) atoms. The van der Waals surface area contributed by atoms with Crippen LogP contribution in [0.5, 0.6) is 0 Å². The molecule has 1 N–H and O–H groups in total. The maximum absolute atomic E-state index is 13.0. The predicted octanol–water partition coefficient (Wildman–Crippen LogP) is 5.72. The smallest absolute Gasteiger partial charge is 0.277 e. The number of hydrogen-bond acceptors (Lipinski definition) is 3. The Labute approximate surface area is 171 Å². The molecule has 0 bridgehead atoms. The van der Waals surface area contributed by atoms with Gasteiger partial charge in [0, 0.05) is 11.6 Å². The summed E-state index contributed by atoms with van der Waals surface area (Å²) in [5.74, 6) is 0. The second kappa shape index (κ2) is 7.46. The van der Waals surface area contributed by atoms with Crippen molar-refractivity contribution >= 4 is 26.6 Å². The lowest BCUT2D eigenvalue weighted by atomic mass is 10.00. The Bertz CT molecular complexity index is 1320. The average molecular weight is 428 g/mol. The average Bonchev–Trinajstić information content (AvgIpc) is 2.74. The molecule has 8 heteroatoms. The van der Waals surface area contributed by atoms with E-state index in [2.05, 4.69) is 9.71 Å². The van der Waals surface area contributed by atoms with E-state index in [0.717, 1.165) is 29.3 Å². The molecule has 0 atom stereocenters. The molecule has 0 saturated heterocycles. The number of anilines is 1. The minimum Gasteiger partial charge on any atom is -0.277 e. The van der Waals surface area contributed by atoms with Crippen LogP contribution in [-0.4, -0.2) is 13.4 Å². The molecule has 0 spiro atoms. The molecule has 4 rings (SSSR count). The Balaban J connectivity index is 1.78. The number of nitrogens with one attached hydrogen (secondary N) is 1. The van der Waals surface area contributed by atoms with E-state index in [1.165, 1.54) is 6.20 Å². The highest BCUT2D eigenvalue weighted by Crippen LogP contribution is 2.34. The lowest BCUT2D eigenvalue weighted by Gasteiger charge is -2.14. The highest BCUT2D eigenvalue weighted by Gasteiger charge is 2.31. The molecule has 1 aromatic heterocycles. The normalized spacial score (nSPS) is 12.1. The van der Waals surface area contributed by atoms with Crippen molar-refractivity contribution in [1.29, 1.82) is 0 Å². The van der Waals surface area contributed by atoms with Crippen molar-refractivity contribution in [3.8, 4) is 11.1 Å². The van der Waals surface area contributed by atoms with Crippen molar-refractivity contribution in [3.05, 3.63) is 90.6 Å². The zero-order valence-corrected chi connectivity index (χ0v) is 16.2. The third-order valence-electron chi connectivity index (χ3n) is 4.57. The SMILES string of the molecule is O=S(=O)(Nc1ccc(-c2ccccc2)c2cccnc12)c1cccc(C(F)(F)F)c1. The molecule has 0 aliphatic rings. The molecular formula is C22H15F3N2O2S. The van der Waals surface area contributed by atoms with Crippen molar-refractivity contribution in [1.82, 2.24) is 4.98 Å². The fourth-order valence-corrected chi connectivity index (χ4v) is 4.28. The van der Waals surface area contributed by atoms with Crippen LogP contribution in [0.15, 0.2) is 90.0 Å². The zero-order chi connectivity index (χ0) is 21.4. The lowest BCUT2D eigenvalue weighted by Crippen LogP contribution is -2.15. The second-order valence-corrected chi connectivity index (χ2v) is 8.24. The van der Waals surface area contributed by atoms with E-state index in [0.29, 0.717) is 17.0 Å². The number of fused-ring (bicyclic) bond motifs is 1.